The van der Waals surface area contributed by atoms with Crippen LogP contribution in [-0.4, -0.2) is 35.1 Å². The molecule has 1 N–H and O–H groups in total. The summed E-state index contributed by atoms with van der Waals surface area (Å²) in [5.74, 6) is 1.22. The van der Waals surface area contributed by atoms with E-state index in [0.29, 0.717) is 24.2 Å². The van der Waals surface area contributed by atoms with E-state index in [0.717, 1.165) is 38.8 Å². The molecule has 0 aromatic heterocycles. The summed E-state index contributed by atoms with van der Waals surface area (Å²) >= 11 is 0. The van der Waals surface area contributed by atoms with Gasteiger partial charge in [0.05, 0.1) is 6.10 Å². The van der Waals surface area contributed by atoms with Gasteiger partial charge in [-0.3, -0.25) is 4.79 Å². The summed E-state index contributed by atoms with van der Waals surface area (Å²) in [6.45, 7) is 8.40. The zero-order valence-corrected chi connectivity index (χ0v) is 12.0. The number of likely N-dealkylation sites (tertiary alicyclic amines) is 1. The number of carbonyl (C=O) groups excluding carboxylic acids is 1. The number of aliphatic hydroxyl groups is 1. The van der Waals surface area contributed by atoms with Gasteiger partial charge < -0.3 is 10.0 Å². The fourth-order valence-electron chi connectivity index (χ4n) is 3.24. The van der Waals surface area contributed by atoms with Crippen molar-refractivity contribution >= 4 is 5.91 Å². The number of rotatable bonds is 3. The molecule has 2 rings (SSSR count). The van der Waals surface area contributed by atoms with Gasteiger partial charge in [-0.1, -0.05) is 27.2 Å². The van der Waals surface area contributed by atoms with Crippen LogP contribution in [0.3, 0.4) is 0 Å². The maximum Gasteiger partial charge on any atom is 0.222 e. The van der Waals surface area contributed by atoms with Gasteiger partial charge in [-0.05, 0) is 36.5 Å². The van der Waals surface area contributed by atoms with Crippen molar-refractivity contribution in [3.8, 4) is 0 Å². The highest BCUT2D eigenvalue weighted by atomic mass is 16.3. The fraction of sp³-hybridized carbons (Fsp3) is 0.933. The average molecular weight is 253 g/mol. The van der Waals surface area contributed by atoms with Crippen LogP contribution in [0.15, 0.2) is 0 Å². The van der Waals surface area contributed by atoms with Crippen molar-refractivity contribution in [1.29, 1.82) is 0 Å². The van der Waals surface area contributed by atoms with Crippen LogP contribution in [0.25, 0.3) is 0 Å². The summed E-state index contributed by atoms with van der Waals surface area (Å²) in [7, 11) is 0. The van der Waals surface area contributed by atoms with Crippen LogP contribution in [0.5, 0.6) is 0 Å². The Morgan fingerprint density at radius 1 is 1.33 bits per heavy atom. The summed E-state index contributed by atoms with van der Waals surface area (Å²) in [5.41, 5.74) is 0.220. The average Bonchev–Trinajstić information content (AvgIpc) is 2.82. The molecule has 1 amide bonds. The van der Waals surface area contributed by atoms with Crippen molar-refractivity contribution < 1.29 is 9.90 Å². The van der Waals surface area contributed by atoms with Crippen LogP contribution < -0.4 is 0 Å². The number of nitrogens with zero attached hydrogens (tertiary/aromatic N) is 1. The third-order valence-electron chi connectivity index (χ3n) is 4.83. The minimum absolute atomic E-state index is 0.124. The fourth-order valence-corrected chi connectivity index (χ4v) is 3.24. The standard InChI is InChI=1S/C15H27NO2/c1-15(2,3)12-9-14(18)16(10-12)8-7-11-5-4-6-13(11)17/h11-13,17H,4-10H2,1-3H3. The minimum atomic E-state index is -0.124. The molecule has 3 atom stereocenters. The van der Waals surface area contributed by atoms with E-state index in [4.69, 9.17) is 0 Å². The molecule has 2 fully saturated rings. The Bertz CT molecular complexity index is 308. The molecule has 1 aliphatic carbocycles. The van der Waals surface area contributed by atoms with Gasteiger partial charge >= 0.3 is 0 Å². The maximum absolute atomic E-state index is 12.0. The van der Waals surface area contributed by atoms with E-state index in [1.807, 2.05) is 4.90 Å². The monoisotopic (exact) mass is 253 g/mol. The summed E-state index contributed by atoms with van der Waals surface area (Å²) in [6.07, 6.45) is 4.78. The van der Waals surface area contributed by atoms with Crippen LogP contribution in [-0.2, 0) is 4.79 Å². The number of amides is 1. The summed E-state index contributed by atoms with van der Waals surface area (Å²) < 4.78 is 0. The topological polar surface area (TPSA) is 40.5 Å². The van der Waals surface area contributed by atoms with Crippen molar-refractivity contribution in [2.75, 3.05) is 13.1 Å². The Morgan fingerprint density at radius 2 is 2.06 bits per heavy atom. The lowest BCUT2D eigenvalue weighted by molar-refractivity contribution is -0.128. The molecule has 3 unspecified atom stereocenters. The molecule has 1 saturated heterocycles. The van der Waals surface area contributed by atoms with Gasteiger partial charge in [-0.2, -0.15) is 0 Å². The van der Waals surface area contributed by atoms with Crippen LogP contribution in [0.1, 0.15) is 52.9 Å². The van der Waals surface area contributed by atoms with E-state index in [1.165, 1.54) is 0 Å². The molecule has 1 aliphatic heterocycles. The molecule has 0 aromatic carbocycles. The lowest BCUT2D eigenvalue weighted by Gasteiger charge is -2.27. The van der Waals surface area contributed by atoms with E-state index in [2.05, 4.69) is 20.8 Å². The first kappa shape index (κ1) is 13.9. The molecular formula is C15H27NO2. The van der Waals surface area contributed by atoms with Crippen LogP contribution >= 0.6 is 0 Å². The van der Waals surface area contributed by atoms with E-state index in [1.54, 1.807) is 0 Å². The second-order valence-electron chi connectivity index (χ2n) is 7.15. The highest BCUT2D eigenvalue weighted by Crippen LogP contribution is 2.35. The Morgan fingerprint density at radius 3 is 2.56 bits per heavy atom. The summed E-state index contributed by atoms with van der Waals surface area (Å²) in [5, 5.41) is 9.81. The largest absolute Gasteiger partial charge is 0.393 e. The van der Waals surface area contributed by atoms with Crippen LogP contribution in [0, 0.1) is 17.3 Å². The molecule has 1 saturated carbocycles. The number of hydrogen-bond acceptors (Lipinski definition) is 2. The van der Waals surface area contributed by atoms with Crippen molar-refractivity contribution in [1.82, 2.24) is 4.90 Å². The van der Waals surface area contributed by atoms with Crippen LogP contribution in [0.2, 0.25) is 0 Å². The second kappa shape index (κ2) is 5.20. The van der Waals surface area contributed by atoms with E-state index in [-0.39, 0.29) is 11.5 Å². The third-order valence-corrected chi connectivity index (χ3v) is 4.83. The second-order valence-corrected chi connectivity index (χ2v) is 7.15. The Hall–Kier alpha value is -0.570. The Kier molecular flexibility index (Phi) is 4.00. The molecule has 0 radical (unpaired) electrons. The molecule has 3 heteroatoms. The molecule has 3 nitrogen and oxygen atoms in total. The van der Waals surface area contributed by atoms with E-state index >= 15 is 0 Å². The number of aliphatic hydroxyl groups excluding tert-OH is 1. The highest BCUT2D eigenvalue weighted by molar-refractivity contribution is 5.78. The van der Waals surface area contributed by atoms with E-state index in [9.17, 15) is 9.90 Å². The first-order valence-electron chi connectivity index (χ1n) is 7.34. The predicted molar refractivity (Wildman–Crippen MR) is 72.1 cm³/mol. The smallest absolute Gasteiger partial charge is 0.222 e. The van der Waals surface area contributed by atoms with Gasteiger partial charge in [0.2, 0.25) is 5.91 Å². The van der Waals surface area contributed by atoms with Crippen molar-refractivity contribution in [3.63, 3.8) is 0 Å². The number of carbonyl (C=O) groups is 1. The van der Waals surface area contributed by atoms with Gasteiger partial charge in [-0.15, -0.1) is 0 Å². The minimum Gasteiger partial charge on any atom is -0.393 e. The molecule has 18 heavy (non-hydrogen) atoms. The summed E-state index contributed by atoms with van der Waals surface area (Å²) in [4.78, 5) is 14.0. The molecule has 0 bridgehead atoms. The molecule has 104 valence electrons. The van der Waals surface area contributed by atoms with Crippen molar-refractivity contribution in [2.24, 2.45) is 17.3 Å². The SMILES string of the molecule is CC(C)(C)C1CC(=O)N(CCC2CCCC2O)C1. The first-order valence-corrected chi connectivity index (χ1v) is 7.34. The molecule has 1 heterocycles. The Balaban J connectivity index is 1.82. The van der Waals surface area contributed by atoms with Gasteiger partial charge in [0.25, 0.3) is 0 Å². The highest BCUT2D eigenvalue weighted by Gasteiger charge is 2.37. The van der Waals surface area contributed by atoms with Gasteiger partial charge in [-0.25, -0.2) is 0 Å². The molecule has 0 spiro atoms. The summed E-state index contributed by atoms with van der Waals surface area (Å²) in [6, 6.07) is 0. The van der Waals surface area contributed by atoms with E-state index < -0.39 is 0 Å². The zero-order valence-electron chi connectivity index (χ0n) is 12.0. The third kappa shape index (κ3) is 3.05. The zero-order chi connectivity index (χ0) is 13.3. The van der Waals surface area contributed by atoms with Crippen molar-refractivity contribution in [3.05, 3.63) is 0 Å². The predicted octanol–water partition coefficient (Wildman–Crippen LogP) is 2.43. The normalized spacial score (nSPS) is 33.4. The maximum atomic E-state index is 12.0. The number of hydrogen-bond donors (Lipinski definition) is 1. The molecular weight excluding hydrogens is 226 g/mol. The lowest BCUT2D eigenvalue weighted by atomic mass is 9.80. The quantitative estimate of drug-likeness (QED) is 0.839. The van der Waals surface area contributed by atoms with Gasteiger partial charge in [0.15, 0.2) is 0 Å². The van der Waals surface area contributed by atoms with Gasteiger partial charge in [0, 0.05) is 19.5 Å². The molecule has 0 aromatic rings. The van der Waals surface area contributed by atoms with Gasteiger partial charge in [0.1, 0.15) is 0 Å². The van der Waals surface area contributed by atoms with Crippen LogP contribution in [0.4, 0.5) is 0 Å². The molecule has 2 aliphatic rings. The van der Waals surface area contributed by atoms with Crippen molar-refractivity contribution in [2.45, 2.75) is 59.0 Å². The lowest BCUT2D eigenvalue weighted by Crippen LogP contribution is -2.30. The first-order chi connectivity index (χ1) is 8.38. The Labute approximate surface area is 111 Å².